The number of benzene rings is 1. The largest absolute Gasteiger partial charge is 0.491 e. The first-order valence-corrected chi connectivity index (χ1v) is 9.26. The van der Waals surface area contributed by atoms with E-state index in [4.69, 9.17) is 21.1 Å². The molecule has 1 aliphatic rings. The molecule has 0 bridgehead atoms. The van der Waals surface area contributed by atoms with E-state index in [0.717, 1.165) is 11.3 Å². The van der Waals surface area contributed by atoms with E-state index < -0.39 is 0 Å². The molecule has 27 heavy (non-hydrogen) atoms. The van der Waals surface area contributed by atoms with Gasteiger partial charge in [-0.15, -0.1) is 0 Å². The number of carbonyl (C=O) groups is 1. The number of aromatic nitrogens is 1. The Labute approximate surface area is 163 Å². The van der Waals surface area contributed by atoms with E-state index in [-0.39, 0.29) is 34.7 Å². The van der Waals surface area contributed by atoms with E-state index in [1.54, 1.807) is 17.0 Å². The van der Waals surface area contributed by atoms with Crippen molar-refractivity contribution in [3.05, 3.63) is 56.0 Å². The van der Waals surface area contributed by atoms with Gasteiger partial charge >= 0.3 is 0 Å². The van der Waals surface area contributed by atoms with Gasteiger partial charge in [-0.25, -0.2) is 0 Å². The Kier molecular flexibility index (Phi) is 5.46. The topological polar surface area (TPSA) is 71.6 Å². The van der Waals surface area contributed by atoms with E-state index in [9.17, 15) is 9.59 Å². The van der Waals surface area contributed by atoms with Gasteiger partial charge in [0.05, 0.1) is 24.2 Å². The first-order valence-electron chi connectivity index (χ1n) is 8.88. The first kappa shape index (κ1) is 19.3. The summed E-state index contributed by atoms with van der Waals surface area (Å²) in [5, 5.41) is 0.229. The van der Waals surface area contributed by atoms with Gasteiger partial charge in [0.1, 0.15) is 23.7 Å². The zero-order chi connectivity index (χ0) is 19.7. The summed E-state index contributed by atoms with van der Waals surface area (Å²) >= 11 is 6.47. The number of fused-ring (bicyclic) bond motifs is 1. The number of aromatic amines is 1. The number of amides is 1. The number of nitrogens with zero attached hydrogens (tertiary/aromatic N) is 1. The standard InChI is InChI=1S/C20H23ClN2O4/c1-11(2)27-16-6-5-15-17(18(16)21)20(25)23(7-8-26-15)10-14-12(3)9-13(4)22-19(14)24/h5-6,9,11H,7-8,10H2,1-4H3,(H,22,24). The molecule has 3 rings (SSSR count). The highest BCUT2D eigenvalue weighted by molar-refractivity contribution is 6.35. The van der Waals surface area contributed by atoms with Crippen molar-refractivity contribution in [1.82, 2.24) is 9.88 Å². The number of nitrogens with one attached hydrogen (secondary N) is 1. The highest BCUT2D eigenvalue weighted by Crippen LogP contribution is 2.37. The van der Waals surface area contributed by atoms with Gasteiger partial charge in [-0.2, -0.15) is 0 Å². The molecule has 1 aromatic heterocycles. The minimum Gasteiger partial charge on any atom is -0.491 e. The monoisotopic (exact) mass is 390 g/mol. The highest BCUT2D eigenvalue weighted by Gasteiger charge is 2.29. The number of halogens is 1. The maximum Gasteiger partial charge on any atom is 0.259 e. The molecule has 144 valence electrons. The highest BCUT2D eigenvalue weighted by atomic mass is 35.5. The average molecular weight is 391 g/mol. The molecule has 0 saturated heterocycles. The fraction of sp³-hybridized carbons (Fsp3) is 0.400. The SMILES string of the molecule is Cc1cc(C)c(CN2CCOc3ccc(OC(C)C)c(Cl)c3C2=O)c(=O)[nH]1. The number of H-pyrrole nitrogens is 1. The molecule has 7 heteroatoms. The van der Waals surface area contributed by atoms with Crippen molar-refractivity contribution in [3.8, 4) is 11.5 Å². The molecule has 1 amide bonds. The minimum atomic E-state index is -0.277. The number of carbonyl (C=O) groups excluding carboxylic acids is 1. The van der Waals surface area contributed by atoms with Gasteiger partial charge in [-0.05, 0) is 51.5 Å². The van der Waals surface area contributed by atoms with Crippen LogP contribution in [0.1, 0.15) is 41.0 Å². The molecule has 1 aliphatic heterocycles. The third-order valence-corrected chi connectivity index (χ3v) is 4.77. The number of aryl methyl sites for hydroxylation is 2. The van der Waals surface area contributed by atoms with Crippen molar-refractivity contribution in [3.63, 3.8) is 0 Å². The molecule has 0 spiro atoms. The van der Waals surface area contributed by atoms with Gasteiger partial charge in [0.2, 0.25) is 0 Å². The van der Waals surface area contributed by atoms with Crippen molar-refractivity contribution >= 4 is 17.5 Å². The van der Waals surface area contributed by atoms with E-state index in [1.807, 2.05) is 33.8 Å². The van der Waals surface area contributed by atoms with Crippen LogP contribution >= 0.6 is 11.6 Å². The van der Waals surface area contributed by atoms with Crippen LogP contribution < -0.4 is 15.0 Å². The maximum absolute atomic E-state index is 13.2. The van der Waals surface area contributed by atoms with Crippen LogP contribution in [-0.2, 0) is 6.54 Å². The van der Waals surface area contributed by atoms with Crippen LogP contribution in [-0.4, -0.2) is 35.0 Å². The molecule has 1 aromatic carbocycles. The summed E-state index contributed by atoms with van der Waals surface area (Å²) in [6, 6.07) is 5.30. The van der Waals surface area contributed by atoms with Crippen LogP contribution in [0.15, 0.2) is 23.0 Å². The Morgan fingerprint density at radius 3 is 2.70 bits per heavy atom. The molecule has 0 saturated carbocycles. The first-order chi connectivity index (χ1) is 12.8. The van der Waals surface area contributed by atoms with Crippen LogP contribution in [0, 0.1) is 13.8 Å². The molecule has 0 unspecified atom stereocenters. The average Bonchev–Trinajstić information content (AvgIpc) is 2.73. The van der Waals surface area contributed by atoms with E-state index in [2.05, 4.69) is 4.98 Å². The van der Waals surface area contributed by atoms with Crippen LogP contribution in [0.4, 0.5) is 0 Å². The molecule has 1 N–H and O–H groups in total. The number of hydrogen-bond acceptors (Lipinski definition) is 4. The molecule has 0 fully saturated rings. The molecule has 0 radical (unpaired) electrons. The lowest BCUT2D eigenvalue weighted by atomic mass is 10.1. The second kappa shape index (κ2) is 7.64. The van der Waals surface area contributed by atoms with Crippen LogP contribution in [0.5, 0.6) is 11.5 Å². The molecule has 0 atom stereocenters. The number of hydrogen-bond donors (Lipinski definition) is 1. The van der Waals surface area contributed by atoms with Crippen molar-refractivity contribution in [1.29, 1.82) is 0 Å². The third kappa shape index (κ3) is 3.95. The lowest BCUT2D eigenvalue weighted by molar-refractivity contribution is 0.0741. The fourth-order valence-electron chi connectivity index (χ4n) is 3.15. The zero-order valence-electron chi connectivity index (χ0n) is 15.9. The Balaban J connectivity index is 1.98. The minimum absolute atomic E-state index is 0.0766. The van der Waals surface area contributed by atoms with E-state index in [0.29, 0.717) is 30.2 Å². The fourth-order valence-corrected chi connectivity index (χ4v) is 3.43. The molecule has 6 nitrogen and oxygen atoms in total. The molecule has 0 aliphatic carbocycles. The van der Waals surface area contributed by atoms with Gasteiger partial charge in [0, 0.05) is 11.3 Å². The molecular weight excluding hydrogens is 368 g/mol. The lowest BCUT2D eigenvalue weighted by Crippen LogP contribution is -2.34. The van der Waals surface area contributed by atoms with Gasteiger partial charge < -0.3 is 19.4 Å². The van der Waals surface area contributed by atoms with Crippen molar-refractivity contribution < 1.29 is 14.3 Å². The summed E-state index contributed by atoms with van der Waals surface area (Å²) in [7, 11) is 0. The van der Waals surface area contributed by atoms with Gasteiger partial charge in [-0.3, -0.25) is 9.59 Å². The van der Waals surface area contributed by atoms with Crippen molar-refractivity contribution in [2.75, 3.05) is 13.2 Å². The predicted octanol–water partition coefficient (Wildman–Crippen LogP) is 3.47. The number of ether oxygens (including phenoxy) is 2. The number of rotatable bonds is 4. The molecule has 2 heterocycles. The Morgan fingerprint density at radius 2 is 2.04 bits per heavy atom. The lowest BCUT2D eigenvalue weighted by Gasteiger charge is -2.21. The number of pyridine rings is 1. The quantitative estimate of drug-likeness (QED) is 0.867. The van der Waals surface area contributed by atoms with E-state index in [1.165, 1.54) is 0 Å². The van der Waals surface area contributed by atoms with Crippen LogP contribution in [0.2, 0.25) is 5.02 Å². The zero-order valence-corrected chi connectivity index (χ0v) is 16.6. The van der Waals surface area contributed by atoms with E-state index >= 15 is 0 Å². The second-order valence-corrected chi connectivity index (χ2v) is 7.31. The normalized spacial score (nSPS) is 14.0. The summed E-state index contributed by atoms with van der Waals surface area (Å²) in [5.41, 5.74) is 2.28. The predicted molar refractivity (Wildman–Crippen MR) is 104 cm³/mol. The second-order valence-electron chi connectivity index (χ2n) is 6.94. The Morgan fingerprint density at radius 1 is 1.30 bits per heavy atom. The maximum atomic E-state index is 13.2. The van der Waals surface area contributed by atoms with Crippen molar-refractivity contribution in [2.45, 2.75) is 40.3 Å². The van der Waals surface area contributed by atoms with Crippen LogP contribution in [0.3, 0.4) is 0 Å². The van der Waals surface area contributed by atoms with Gasteiger partial charge in [-0.1, -0.05) is 11.6 Å². The smallest absolute Gasteiger partial charge is 0.259 e. The molecular formula is C20H23ClN2O4. The Bertz CT molecular complexity index is 936. The summed E-state index contributed by atoms with van der Waals surface area (Å²) < 4.78 is 11.4. The molecule has 2 aromatic rings. The summed E-state index contributed by atoms with van der Waals surface area (Å²) in [6.07, 6.45) is -0.0766. The Hall–Kier alpha value is -2.47. The van der Waals surface area contributed by atoms with Crippen LogP contribution in [0.25, 0.3) is 0 Å². The third-order valence-electron chi connectivity index (χ3n) is 4.39. The van der Waals surface area contributed by atoms with Gasteiger partial charge in [0.25, 0.3) is 11.5 Å². The summed E-state index contributed by atoms with van der Waals surface area (Å²) in [5.74, 6) is 0.591. The van der Waals surface area contributed by atoms with Gasteiger partial charge in [0.15, 0.2) is 0 Å². The summed E-state index contributed by atoms with van der Waals surface area (Å²) in [6.45, 7) is 8.34. The van der Waals surface area contributed by atoms with Crippen molar-refractivity contribution in [2.24, 2.45) is 0 Å². The summed E-state index contributed by atoms with van der Waals surface area (Å²) in [4.78, 5) is 29.9.